The van der Waals surface area contributed by atoms with Crippen LogP contribution in [-0.2, 0) is 24.2 Å². The van der Waals surface area contributed by atoms with Gasteiger partial charge in [0, 0.05) is 25.7 Å². The monoisotopic (exact) mass is 329 g/mol. The molecule has 1 fully saturated rings. The molecular weight excluding hydrogens is 306 g/mol. The Balaban J connectivity index is 2.15. The zero-order valence-corrected chi connectivity index (χ0v) is 13.9. The summed E-state index contributed by atoms with van der Waals surface area (Å²) >= 11 is 3.71. The second-order valence-corrected chi connectivity index (χ2v) is 6.02. The van der Waals surface area contributed by atoms with Gasteiger partial charge < -0.3 is 4.74 Å². The number of halogens is 1. The normalized spacial score (nSPS) is 23.5. The Morgan fingerprint density at radius 1 is 1.47 bits per heavy atom. The van der Waals surface area contributed by atoms with Gasteiger partial charge in [-0.05, 0) is 49.7 Å². The van der Waals surface area contributed by atoms with Crippen molar-refractivity contribution in [3.05, 3.63) is 15.9 Å². The standard InChI is InChI=1S/C14H24BrN3O/c1-5-11-14(15)13(18(6-2)16-11)9-17(4)12-7-8-19-10(12)3/h10,12H,5-9H2,1-4H3. The predicted octanol–water partition coefficient (Wildman–Crippen LogP) is 2.84. The molecule has 2 rings (SSSR count). The fraction of sp³-hybridized carbons (Fsp3) is 0.786. The molecule has 0 aromatic carbocycles. The van der Waals surface area contributed by atoms with Crippen LogP contribution in [-0.4, -0.2) is 40.5 Å². The van der Waals surface area contributed by atoms with Gasteiger partial charge in [-0.1, -0.05) is 6.92 Å². The summed E-state index contributed by atoms with van der Waals surface area (Å²) in [6, 6.07) is 0.511. The minimum atomic E-state index is 0.326. The number of aromatic nitrogens is 2. The molecule has 1 aliphatic rings. The third kappa shape index (κ3) is 3.03. The Morgan fingerprint density at radius 3 is 2.74 bits per heavy atom. The highest BCUT2D eigenvalue weighted by Gasteiger charge is 2.29. The topological polar surface area (TPSA) is 30.3 Å². The molecule has 4 nitrogen and oxygen atoms in total. The van der Waals surface area contributed by atoms with Crippen molar-refractivity contribution in [2.24, 2.45) is 0 Å². The minimum absolute atomic E-state index is 0.326. The molecule has 5 heteroatoms. The van der Waals surface area contributed by atoms with Crippen molar-refractivity contribution in [2.45, 2.75) is 58.8 Å². The molecule has 0 radical (unpaired) electrons. The lowest BCUT2D eigenvalue weighted by atomic mass is 10.1. The van der Waals surface area contributed by atoms with Crippen LogP contribution >= 0.6 is 15.9 Å². The van der Waals surface area contributed by atoms with E-state index in [1.54, 1.807) is 0 Å². The van der Waals surface area contributed by atoms with Crippen LogP contribution < -0.4 is 0 Å². The largest absolute Gasteiger partial charge is 0.377 e. The molecule has 2 atom stereocenters. The van der Waals surface area contributed by atoms with E-state index in [0.717, 1.165) is 38.2 Å². The molecule has 2 unspecified atom stereocenters. The van der Waals surface area contributed by atoms with Gasteiger partial charge in [0.05, 0.1) is 22.0 Å². The minimum Gasteiger partial charge on any atom is -0.377 e. The first-order valence-electron chi connectivity index (χ1n) is 7.14. The Morgan fingerprint density at radius 2 is 2.21 bits per heavy atom. The van der Waals surface area contributed by atoms with Gasteiger partial charge >= 0.3 is 0 Å². The second-order valence-electron chi connectivity index (χ2n) is 5.22. The van der Waals surface area contributed by atoms with E-state index in [-0.39, 0.29) is 0 Å². The number of ether oxygens (including phenoxy) is 1. The summed E-state index contributed by atoms with van der Waals surface area (Å²) in [6.07, 6.45) is 2.41. The maximum absolute atomic E-state index is 5.66. The number of likely N-dealkylation sites (N-methyl/N-ethyl adjacent to an activating group) is 1. The fourth-order valence-corrected chi connectivity index (χ4v) is 3.51. The van der Waals surface area contributed by atoms with Gasteiger partial charge in [0.25, 0.3) is 0 Å². The Labute approximate surface area is 124 Å². The summed E-state index contributed by atoms with van der Waals surface area (Å²) in [5.41, 5.74) is 2.43. The van der Waals surface area contributed by atoms with Crippen molar-refractivity contribution in [1.29, 1.82) is 0 Å². The first-order valence-corrected chi connectivity index (χ1v) is 7.93. The lowest BCUT2D eigenvalue weighted by molar-refractivity contribution is 0.0805. The maximum Gasteiger partial charge on any atom is 0.0767 e. The van der Waals surface area contributed by atoms with Crippen molar-refractivity contribution >= 4 is 15.9 Å². The molecule has 1 saturated heterocycles. The summed E-state index contributed by atoms with van der Waals surface area (Å²) in [7, 11) is 2.18. The van der Waals surface area contributed by atoms with E-state index in [2.05, 4.69) is 58.4 Å². The van der Waals surface area contributed by atoms with Gasteiger partial charge in [-0.3, -0.25) is 9.58 Å². The third-order valence-electron chi connectivity index (χ3n) is 4.00. The molecule has 0 amide bonds. The molecule has 108 valence electrons. The van der Waals surface area contributed by atoms with Crippen LogP contribution in [0.5, 0.6) is 0 Å². The molecule has 0 spiro atoms. The smallest absolute Gasteiger partial charge is 0.0767 e. The fourth-order valence-electron chi connectivity index (χ4n) is 2.82. The first-order chi connectivity index (χ1) is 9.08. The van der Waals surface area contributed by atoms with Gasteiger partial charge in [-0.2, -0.15) is 5.10 Å². The number of hydrogen-bond acceptors (Lipinski definition) is 3. The number of hydrogen-bond donors (Lipinski definition) is 0. The zero-order valence-electron chi connectivity index (χ0n) is 12.3. The van der Waals surface area contributed by atoms with Gasteiger partial charge in [0.2, 0.25) is 0 Å². The summed E-state index contributed by atoms with van der Waals surface area (Å²) in [5, 5.41) is 4.66. The molecular formula is C14H24BrN3O. The first kappa shape index (κ1) is 15.0. The molecule has 0 bridgehead atoms. The lowest BCUT2D eigenvalue weighted by Crippen LogP contribution is -2.36. The highest BCUT2D eigenvalue weighted by Crippen LogP contribution is 2.26. The molecule has 0 N–H and O–H groups in total. The Hall–Kier alpha value is -0.390. The highest BCUT2D eigenvalue weighted by atomic mass is 79.9. The molecule has 1 aromatic heterocycles. The van der Waals surface area contributed by atoms with E-state index >= 15 is 0 Å². The highest BCUT2D eigenvalue weighted by molar-refractivity contribution is 9.10. The van der Waals surface area contributed by atoms with Crippen molar-refractivity contribution < 1.29 is 4.74 Å². The molecule has 19 heavy (non-hydrogen) atoms. The van der Waals surface area contributed by atoms with Crippen LogP contribution in [0.4, 0.5) is 0 Å². The number of nitrogens with zero attached hydrogens (tertiary/aromatic N) is 3. The SMILES string of the molecule is CCc1nn(CC)c(CN(C)C2CCOC2C)c1Br. The zero-order chi connectivity index (χ0) is 14.0. The summed E-state index contributed by atoms with van der Waals surface area (Å²) in [6.45, 7) is 9.16. The molecule has 0 aliphatic carbocycles. The average molecular weight is 330 g/mol. The van der Waals surface area contributed by atoms with Crippen molar-refractivity contribution in [1.82, 2.24) is 14.7 Å². The van der Waals surface area contributed by atoms with Crippen molar-refractivity contribution in [3.8, 4) is 0 Å². The average Bonchev–Trinajstić information content (AvgIpc) is 2.95. The second kappa shape index (κ2) is 6.37. The van der Waals surface area contributed by atoms with Crippen LogP contribution in [0, 0.1) is 0 Å². The van der Waals surface area contributed by atoms with Crippen LogP contribution in [0.3, 0.4) is 0 Å². The van der Waals surface area contributed by atoms with Crippen molar-refractivity contribution in [2.75, 3.05) is 13.7 Å². The Kier molecular flexibility index (Phi) is 5.03. The third-order valence-corrected chi connectivity index (χ3v) is 4.91. The molecule has 0 saturated carbocycles. The maximum atomic E-state index is 5.66. The van der Waals surface area contributed by atoms with E-state index in [0.29, 0.717) is 12.1 Å². The summed E-state index contributed by atoms with van der Waals surface area (Å²) in [4.78, 5) is 2.39. The van der Waals surface area contributed by atoms with E-state index in [1.165, 1.54) is 10.2 Å². The van der Waals surface area contributed by atoms with E-state index in [1.807, 2.05) is 0 Å². The van der Waals surface area contributed by atoms with E-state index in [9.17, 15) is 0 Å². The lowest BCUT2D eigenvalue weighted by Gasteiger charge is -2.26. The molecule has 1 aromatic rings. The van der Waals surface area contributed by atoms with E-state index in [4.69, 9.17) is 4.74 Å². The quantitative estimate of drug-likeness (QED) is 0.832. The number of rotatable bonds is 5. The van der Waals surface area contributed by atoms with Crippen LogP contribution in [0.15, 0.2) is 4.47 Å². The molecule has 1 aliphatic heterocycles. The van der Waals surface area contributed by atoms with Gasteiger partial charge in [-0.15, -0.1) is 0 Å². The van der Waals surface area contributed by atoms with E-state index < -0.39 is 0 Å². The molecule has 2 heterocycles. The predicted molar refractivity (Wildman–Crippen MR) is 80.3 cm³/mol. The van der Waals surface area contributed by atoms with Gasteiger partial charge in [0.1, 0.15) is 0 Å². The van der Waals surface area contributed by atoms with Crippen LogP contribution in [0.25, 0.3) is 0 Å². The van der Waals surface area contributed by atoms with Crippen molar-refractivity contribution in [3.63, 3.8) is 0 Å². The Bertz CT molecular complexity index is 433. The van der Waals surface area contributed by atoms with Crippen LogP contribution in [0.1, 0.15) is 38.6 Å². The van der Waals surface area contributed by atoms with Crippen LogP contribution in [0.2, 0.25) is 0 Å². The van der Waals surface area contributed by atoms with Gasteiger partial charge in [-0.25, -0.2) is 0 Å². The summed E-state index contributed by atoms with van der Waals surface area (Å²) < 4.78 is 8.95. The number of aryl methyl sites for hydroxylation is 2. The summed E-state index contributed by atoms with van der Waals surface area (Å²) in [5.74, 6) is 0. The van der Waals surface area contributed by atoms with Gasteiger partial charge in [0.15, 0.2) is 0 Å².